The maximum Gasteiger partial charge on any atom is 0.159 e. The van der Waals surface area contributed by atoms with Crippen LogP contribution in [0.4, 0.5) is 0 Å². The molecule has 108 valence electrons. The summed E-state index contributed by atoms with van der Waals surface area (Å²) in [6.45, 7) is 7.58. The second-order valence-corrected chi connectivity index (χ2v) is 5.74. The van der Waals surface area contributed by atoms with Gasteiger partial charge in [-0.2, -0.15) is 5.10 Å². The van der Waals surface area contributed by atoms with Crippen molar-refractivity contribution in [2.24, 2.45) is 5.92 Å². The van der Waals surface area contributed by atoms with Crippen LogP contribution in [0.1, 0.15) is 51.8 Å². The number of methoxy groups -OCH3 is 1. The van der Waals surface area contributed by atoms with Crippen LogP contribution in [-0.2, 0) is 6.42 Å². The lowest BCUT2D eigenvalue weighted by Gasteiger charge is -2.18. The first-order valence-electron chi connectivity index (χ1n) is 7.51. The topological polar surface area (TPSA) is 39.1 Å². The van der Waals surface area contributed by atoms with Gasteiger partial charge in [0, 0.05) is 12.1 Å². The largest absolute Gasteiger partial charge is 0.493 e. The molecule has 0 bridgehead atoms. The highest BCUT2D eigenvalue weighted by Crippen LogP contribution is 2.35. The van der Waals surface area contributed by atoms with Crippen molar-refractivity contribution in [2.75, 3.05) is 13.7 Å². The Morgan fingerprint density at radius 2 is 2.21 bits per heavy atom. The van der Waals surface area contributed by atoms with Crippen LogP contribution in [0.2, 0.25) is 0 Å². The Morgan fingerprint density at radius 3 is 2.74 bits per heavy atom. The monoisotopic (exact) mass is 265 g/mol. The number of hydrogen-bond donors (Lipinski definition) is 1. The molecule has 1 atom stereocenters. The van der Waals surface area contributed by atoms with E-state index in [1.165, 1.54) is 25.0 Å². The molecule has 0 aliphatic heterocycles. The first-order chi connectivity index (χ1) is 9.17. The molecule has 4 heteroatoms. The Balaban J connectivity index is 2.02. The van der Waals surface area contributed by atoms with E-state index in [0.717, 1.165) is 24.6 Å². The molecule has 1 aromatic rings. The Kier molecular flexibility index (Phi) is 4.86. The van der Waals surface area contributed by atoms with Crippen molar-refractivity contribution in [3.05, 3.63) is 11.9 Å². The fraction of sp³-hybridized carbons (Fsp3) is 0.800. The van der Waals surface area contributed by atoms with Gasteiger partial charge < -0.3 is 10.1 Å². The Hall–Kier alpha value is -1.03. The maximum absolute atomic E-state index is 5.44. The molecule has 1 N–H and O–H groups in total. The van der Waals surface area contributed by atoms with Crippen molar-refractivity contribution in [1.29, 1.82) is 0 Å². The number of nitrogens with one attached hydrogen (secondary N) is 1. The van der Waals surface area contributed by atoms with Gasteiger partial charge in [-0.1, -0.05) is 6.92 Å². The first kappa shape index (κ1) is 14.4. The molecule has 1 aliphatic carbocycles. The van der Waals surface area contributed by atoms with E-state index in [2.05, 4.69) is 35.9 Å². The van der Waals surface area contributed by atoms with Crippen LogP contribution in [0, 0.1) is 5.92 Å². The molecule has 1 saturated carbocycles. The molecule has 0 saturated heterocycles. The molecule has 19 heavy (non-hydrogen) atoms. The van der Waals surface area contributed by atoms with Gasteiger partial charge in [-0.05, 0) is 52.0 Å². The Morgan fingerprint density at radius 1 is 1.47 bits per heavy atom. The summed E-state index contributed by atoms with van der Waals surface area (Å²) in [7, 11) is 1.73. The second-order valence-electron chi connectivity index (χ2n) is 5.74. The molecule has 0 radical (unpaired) electrons. The van der Waals surface area contributed by atoms with Gasteiger partial charge in [0.25, 0.3) is 0 Å². The van der Waals surface area contributed by atoms with Crippen molar-refractivity contribution in [1.82, 2.24) is 15.1 Å². The fourth-order valence-corrected chi connectivity index (χ4v) is 2.78. The van der Waals surface area contributed by atoms with E-state index in [0.29, 0.717) is 12.1 Å². The lowest BCUT2D eigenvalue weighted by Crippen LogP contribution is -2.31. The molecule has 0 spiro atoms. The lowest BCUT2D eigenvalue weighted by molar-refractivity contribution is 0.393. The lowest BCUT2D eigenvalue weighted by atomic mass is 10.0. The molecule has 1 unspecified atom stereocenters. The zero-order chi connectivity index (χ0) is 13.8. The van der Waals surface area contributed by atoms with Crippen molar-refractivity contribution in [2.45, 2.75) is 58.5 Å². The first-order valence-corrected chi connectivity index (χ1v) is 7.51. The van der Waals surface area contributed by atoms with Crippen molar-refractivity contribution in [3.8, 4) is 5.75 Å². The summed E-state index contributed by atoms with van der Waals surface area (Å²) in [4.78, 5) is 0. The van der Waals surface area contributed by atoms with E-state index in [4.69, 9.17) is 4.74 Å². The van der Waals surface area contributed by atoms with Crippen molar-refractivity contribution < 1.29 is 4.74 Å². The molecule has 0 amide bonds. The molecule has 1 fully saturated rings. The highest BCUT2D eigenvalue weighted by atomic mass is 16.5. The average molecular weight is 265 g/mol. The molecule has 2 rings (SSSR count). The zero-order valence-corrected chi connectivity index (χ0v) is 12.6. The quantitative estimate of drug-likeness (QED) is 0.785. The van der Waals surface area contributed by atoms with Crippen LogP contribution in [0.25, 0.3) is 0 Å². The van der Waals surface area contributed by atoms with Gasteiger partial charge >= 0.3 is 0 Å². The number of nitrogens with zero attached hydrogens (tertiary/aromatic N) is 2. The van der Waals surface area contributed by atoms with Crippen LogP contribution in [-0.4, -0.2) is 29.5 Å². The van der Waals surface area contributed by atoms with Gasteiger partial charge in [0.2, 0.25) is 0 Å². The van der Waals surface area contributed by atoms with E-state index in [1.807, 2.05) is 6.20 Å². The summed E-state index contributed by atoms with van der Waals surface area (Å²) < 4.78 is 7.53. The summed E-state index contributed by atoms with van der Waals surface area (Å²) in [6, 6.07) is 1.04. The highest BCUT2D eigenvalue weighted by Gasteiger charge is 2.30. The molecule has 1 heterocycles. The number of ether oxygens (including phenoxy) is 1. The smallest absolute Gasteiger partial charge is 0.159 e. The third-order valence-corrected chi connectivity index (χ3v) is 3.92. The Labute approximate surface area is 116 Å². The standard InChI is InChI=1S/C15H27N3O/c1-5-16-13(12-6-7-12)8-9-14-15(19-4)10-17-18(14)11(2)3/h10-13,16H,5-9H2,1-4H3. The van der Waals surface area contributed by atoms with Crippen molar-refractivity contribution in [3.63, 3.8) is 0 Å². The average Bonchev–Trinajstić information content (AvgIpc) is 3.14. The van der Waals surface area contributed by atoms with Gasteiger partial charge in [0.15, 0.2) is 5.75 Å². The van der Waals surface area contributed by atoms with E-state index < -0.39 is 0 Å². The Bertz CT molecular complexity index is 396. The van der Waals surface area contributed by atoms with Gasteiger partial charge in [0.1, 0.15) is 0 Å². The van der Waals surface area contributed by atoms with Crippen LogP contribution < -0.4 is 10.1 Å². The maximum atomic E-state index is 5.44. The summed E-state index contributed by atoms with van der Waals surface area (Å²) in [5.41, 5.74) is 1.24. The molecular weight excluding hydrogens is 238 g/mol. The zero-order valence-electron chi connectivity index (χ0n) is 12.6. The van der Waals surface area contributed by atoms with E-state index in [-0.39, 0.29) is 0 Å². The summed E-state index contributed by atoms with van der Waals surface area (Å²) in [5, 5.41) is 8.06. The van der Waals surface area contributed by atoms with Gasteiger partial charge in [-0.3, -0.25) is 4.68 Å². The molecular formula is C15H27N3O. The van der Waals surface area contributed by atoms with Gasteiger partial charge in [-0.15, -0.1) is 0 Å². The fourth-order valence-electron chi connectivity index (χ4n) is 2.78. The van der Waals surface area contributed by atoms with Crippen LogP contribution in [0.15, 0.2) is 6.20 Å². The predicted octanol–water partition coefficient (Wildman–Crippen LogP) is 2.79. The molecule has 1 aromatic heterocycles. The third-order valence-electron chi connectivity index (χ3n) is 3.92. The highest BCUT2D eigenvalue weighted by molar-refractivity contribution is 5.25. The van der Waals surface area contributed by atoms with E-state index in [1.54, 1.807) is 7.11 Å². The third kappa shape index (κ3) is 3.50. The normalized spacial score (nSPS) is 16.9. The summed E-state index contributed by atoms with van der Waals surface area (Å²) in [6.07, 6.45) is 6.83. The van der Waals surface area contributed by atoms with Crippen LogP contribution >= 0.6 is 0 Å². The SMILES string of the molecule is CCNC(CCc1c(OC)cnn1C(C)C)C1CC1. The predicted molar refractivity (Wildman–Crippen MR) is 77.7 cm³/mol. The summed E-state index contributed by atoms with van der Waals surface area (Å²) >= 11 is 0. The van der Waals surface area contributed by atoms with Crippen molar-refractivity contribution >= 4 is 0 Å². The minimum absolute atomic E-state index is 0.386. The molecule has 4 nitrogen and oxygen atoms in total. The van der Waals surface area contributed by atoms with Gasteiger partial charge in [0.05, 0.1) is 19.0 Å². The van der Waals surface area contributed by atoms with Crippen LogP contribution in [0.3, 0.4) is 0 Å². The minimum atomic E-state index is 0.386. The van der Waals surface area contributed by atoms with Crippen LogP contribution in [0.5, 0.6) is 5.75 Å². The molecule has 1 aliphatic rings. The van der Waals surface area contributed by atoms with E-state index in [9.17, 15) is 0 Å². The van der Waals surface area contributed by atoms with E-state index >= 15 is 0 Å². The number of hydrogen-bond acceptors (Lipinski definition) is 3. The molecule has 0 aromatic carbocycles. The second kappa shape index (κ2) is 6.42. The summed E-state index contributed by atoms with van der Waals surface area (Å²) in [5.74, 6) is 1.82. The van der Waals surface area contributed by atoms with Gasteiger partial charge in [-0.25, -0.2) is 0 Å². The number of aromatic nitrogens is 2. The number of rotatable bonds is 8. The minimum Gasteiger partial charge on any atom is -0.493 e.